The number of fused-ring (bicyclic) bond motifs is 2. The number of urea groups is 1. The van der Waals surface area contributed by atoms with Crippen molar-refractivity contribution in [2.45, 2.75) is 45.4 Å². The van der Waals surface area contributed by atoms with Crippen LogP contribution in [0.5, 0.6) is 0 Å². The van der Waals surface area contributed by atoms with Crippen LogP contribution < -0.4 is 10.6 Å². The molecule has 0 aromatic rings. The number of aliphatic carboxylic acids is 1. The van der Waals surface area contributed by atoms with Crippen LogP contribution in [0.2, 0.25) is 0 Å². The van der Waals surface area contributed by atoms with Gasteiger partial charge in [-0.2, -0.15) is 0 Å². The molecular formula is C15H26N2O3. The van der Waals surface area contributed by atoms with Crippen molar-refractivity contribution in [2.24, 2.45) is 23.7 Å². The van der Waals surface area contributed by atoms with Gasteiger partial charge in [-0.15, -0.1) is 0 Å². The van der Waals surface area contributed by atoms with E-state index in [2.05, 4.69) is 10.6 Å². The fourth-order valence-electron chi connectivity index (χ4n) is 3.79. The normalized spacial score (nSPS) is 29.1. The molecule has 2 aliphatic rings. The number of nitrogens with one attached hydrogen (secondary N) is 2. The van der Waals surface area contributed by atoms with Crippen molar-refractivity contribution >= 4 is 12.0 Å². The molecule has 2 saturated carbocycles. The second-order valence-electron chi connectivity index (χ2n) is 6.35. The molecule has 0 saturated heterocycles. The monoisotopic (exact) mass is 282 g/mol. The summed E-state index contributed by atoms with van der Waals surface area (Å²) in [6, 6.07) is -0.227. The van der Waals surface area contributed by atoms with Gasteiger partial charge in [0.05, 0.1) is 5.92 Å². The highest BCUT2D eigenvalue weighted by Crippen LogP contribution is 2.47. The zero-order valence-corrected chi connectivity index (χ0v) is 12.2. The maximum Gasteiger partial charge on any atom is 0.314 e. The molecule has 114 valence electrons. The van der Waals surface area contributed by atoms with Crippen LogP contribution in [0.25, 0.3) is 0 Å². The number of hydrogen-bond acceptors (Lipinski definition) is 2. The minimum absolute atomic E-state index is 0.214. The van der Waals surface area contributed by atoms with Gasteiger partial charge in [0.15, 0.2) is 0 Å². The van der Waals surface area contributed by atoms with Crippen LogP contribution in [-0.2, 0) is 4.79 Å². The van der Waals surface area contributed by atoms with E-state index in [1.54, 1.807) is 0 Å². The van der Waals surface area contributed by atoms with E-state index in [9.17, 15) is 9.59 Å². The number of rotatable bonds is 7. The Balaban J connectivity index is 1.64. The van der Waals surface area contributed by atoms with Crippen molar-refractivity contribution in [2.75, 3.05) is 13.1 Å². The van der Waals surface area contributed by atoms with Crippen LogP contribution in [0.15, 0.2) is 0 Å². The average molecular weight is 282 g/mol. The van der Waals surface area contributed by atoms with E-state index in [0.717, 1.165) is 24.8 Å². The molecule has 0 heterocycles. The van der Waals surface area contributed by atoms with Crippen molar-refractivity contribution in [3.8, 4) is 0 Å². The molecule has 4 atom stereocenters. The van der Waals surface area contributed by atoms with Crippen molar-refractivity contribution in [3.05, 3.63) is 0 Å². The van der Waals surface area contributed by atoms with Gasteiger partial charge in [0.2, 0.25) is 0 Å². The van der Waals surface area contributed by atoms with Crippen LogP contribution in [0.4, 0.5) is 4.79 Å². The predicted molar refractivity (Wildman–Crippen MR) is 76.4 cm³/mol. The van der Waals surface area contributed by atoms with Gasteiger partial charge < -0.3 is 15.7 Å². The summed E-state index contributed by atoms with van der Waals surface area (Å²) in [5.41, 5.74) is 0. The maximum atomic E-state index is 11.7. The van der Waals surface area contributed by atoms with E-state index in [0.29, 0.717) is 12.3 Å². The summed E-state index contributed by atoms with van der Waals surface area (Å²) < 4.78 is 0. The van der Waals surface area contributed by atoms with E-state index < -0.39 is 11.9 Å². The van der Waals surface area contributed by atoms with Gasteiger partial charge in [-0.05, 0) is 43.4 Å². The predicted octanol–water partition coefficient (Wildman–Crippen LogP) is 2.22. The van der Waals surface area contributed by atoms with Gasteiger partial charge >= 0.3 is 12.0 Å². The van der Waals surface area contributed by atoms with Gasteiger partial charge in [0, 0.05) is 13.1 Å². The third-order valence-corrected chi connectivity index (χ3v) is 4.90. The van der Waals surface area contributed by atoms with E-state index in [1.165, 1.54) is 25.7 Å². The molecule has 5 nitrogen and oxygen atoms in total. The van der Waals surface area contributed by atoms with Crippen molar-refractivity contribution in [1.82, 2.24) is 10.6 Å². The number of carboxylic acids is 1. The minimum Gasteiger partial charge on any atom is -0.481 e. The zero-order valence-electron chi connectivity index (χ0n) is 12.2. The zero-order chi connectivity index (χ0) is 14.5. The second-order valence-corrected chi connectivity index (χ2v) is 6.35. The third kappa shape index (κ3) is 3.87. The number of carboxylic acid groups (broad SMARTS) is 1. The Hall–Kier alpha value is -1.26. The largest absolute Gasteiger partial charge is 0.481 e. The smallest absolute Gasteiger partial charge is 0.314 e. The molecule has 4 unspecified atom stereocenters. The lowest BCUT2D eigenvalue weighted by Crippen LogP contribution is -2.42. The molecule has 0 aromatic heterocycles. The quantitative estimate of drug-likeness (QED) is 0.670. The molecule has 2 fully saturated rings. The summed E-state index contributed by atoms with van der Waals surface area (Å²) in [5.74, 6) is 1.00. The van der Waals surface area contributed by atoms with E-state index in [1.807, 2.05) is 6.92 Å². The lowest BCUT2D eigenvalue weighted by Gasteiger charge is -2.22. The number of hydrogen-bond donors (Lipinski definition) is 3. The summed E-state index contributed by atoms with van der Waals surface area (Å²) in [6.07, 6.45) is 6.68. The molecule has 2 amide bonds. The SMILES string of the molecule is CCCC(CNC(=O)NCC1CC2CCC1C2)C(=O)O. The number of amides is 2. The fourth-order valence-corrected chi connectivity index (χ4v) is 3.79. The second kappa shape index (κ2) is 6.95. The Labute approximate surface area is 120 Å². The summed E-state index contributed by atoms with van der Waals surface area (Å²) in [7, 11) is 0. The van der Waals surface area contributed by atoms with Gasteiger partial charge in [0.25, 0.3) is 0 Å². The highest BCUT2D eigenvalue weighted by atomic mass is 16.4. The summed E-state index contributed by atoms with van der Waals surface area (Å²) in [4.78, 5) is 22.7. The highest BCUT2D eigenvalue weighted by Gasteiger charge is 2.39. The van der Waals surface area contributed by atoms with E-state index >= 15 is 0 Å². The van der Waals surface area contributed by atoms with Gasteiger partial charge in [-0.25, -0.2) is 4.79 Å². The van der Waals surface area contributed by atoms with Crippen LogP contribution in [-0.4, -0.2) is 30.2 Å². The van der Waals surface area contributed by atoms with Crippen LogP contribution in [0.1, 0.15) is 45.4 Å². The van der Waals surface area contributed by atoms with Crippen LogP contribution in [0.3, 0.4) is 0 Å². The molecule has 0 radical (unpaired) electrons. The molecule has 5 heteroatoms. The van der Waals surface area contributed by atoms with Gasteiger partial charge in [0.1, 0.15) is 0 Å². The lowest BCUT2D eigenvalue weighted by atomic mass is 9.89. The number of carbonyl (C=O) groups is 2. The molecule has 2 rings (SSSR count). The molecule has 2 bridgehead atoms. The summed E-state index contributed by atoms with van der Waals surface area (Å²) in [6.45, 7) is 2.90. The molecule has 0 aliphatic heterocycles. The maximum absolute atomic E-state index is 11.7. The Morgan fingerprint density at radius 2 is 2.05 bits per heavy atom. The molecule has 0 spiro atoms. The summed E-state index contributed by atoms with van der Waals surface area (Å²) >= 11 is 0. The Morgan fingerprint density at radius 1 is 1.25 bits per heavy atom. The molecule has 0 aromatic carbocycles. The molecular weight excluding hydrogens is 256 g/mol. The standard InChI is InChI=1S/C15H26N2O3/c1-2-3-12(14(18)19)8-16-15(20)17-9-13-7-10-4-5-11(13)6-10/h10-13H,2-9H2,1H3,(H,18,19)(H2,16,17,20). The molecule has 20 heavy (non-hydrogen) atoms. The lowest BCUT2D eigenvalue weighted by molar-refractivity contribution is -0.141. The van der Waals surface area contributed by atoms with Crippen molar-refractivity contribution in [1.29, 1.82) is 0 Å². The Bertz CT molecular complexity index is 359. The Morgan fingerprint density at radius 3 is 2.60 bits per heavy atom. The number of carbonyl (C=O) groups excluding carboxylic acids is 1. The Kier molecular flexibility index (Phi) is 5.26. The molecule has 2 aliphatic carbocycles. The van der Waals surface area contributed by atoms with E-state index in [-0.39, 0.29) is 12.6 Å². The first-order valence-corrected chi connectivity index (χ1v) is 7.84. The topological polar surface area (TPSA) is 78.4 Å². The first-order valence-electron chi connectivity index (χ1n) is 7.84. The minimum atomic E-state index is -0.833. The summed E-state index contributed by atoms with van der Waals surface area (Å²) in [5, 5.41) is 14.6. The van der Waals surface area contributed by atoms with Crippen molar-refractivity contribution < 1.29 is 14.7 Å². The average Bonchev–Trinajstić information content (AvgIpc) is 3.03. The van der Waals surface area contributed by atoms with Crippen LogP contribution in [0, 0.1) is 23.7 Å². The van der Waals surface area contributed by atoms with Crippen molar-refractivity contribution in [3.63, 3.8) is 0 Å². The molecule has 3 N–H and O–H groups in total. The van der Waals surface area contributed by atoms with Gasteiger partial charge in [-0.3, -0.25) is 4.79 Å². The highest BCUT2D eigenvalue weighted by molar-refractivity contribution is 5.75. The first kappa shape index (κ1) is 15.1. The van der Waals surface area contributed by atoms with Gasteiger partial charge in [-0.1, -0.05) is 19.8 Å². The fraction of sp³-hybridized carbons (Fsp3) is 0.867. The third-order valence-electron chi connectivity index (χ3n) is 4.90. The first-order chi connectivity index (χ1) is 9.60. The van der Waals surface area contributed by atoms with Crippen LogP contribution >= 0.6 is 0 Å². The van der Waals surface area contributed by atoms with E-state index in [4.69, 9.17) is 5.11 Å².